The Bertz CT molecular complexity index is 733. The Balaban J connectivity index is 1.35. The highest BCUT2D eigenvalue weighted by Gasteiger charge is 2.24. The molecule has 1 aliphatic heterocycles. The van der Waals surface area contributed by atoms with E-state index < -0.39 is 6.10 Å². The predicted molar refractivity (Wildman–Crippen MR) is 118 cm³/mol. The average Bonchev–Trinajstić information content (AvgIpc) is 2.79. The number of hydrogen-bond donors (Lipinski definition) is 2. The van der Waals surface area contributed by atoms with Gasteiger partial charge in [0.05, 0.1) is 13.2 Å². The van der Waals surface area contributed by atoms with Crippen LogP contribution >= 0.6 is 0 Å². The molecule has 0 aromatic heterocycles. The molecular formula is C24H34N2O4. The molecule has 3 atom stereocenters. The van der Waals surface area contributed by atoms with Gasteiger partial charge in [0.2, 0.25) is 0 Å². The highest BCUT2D eigenvalue weighted by atomic mass is 16.5. The third kappa shape index (κ3) is 6.71. The maximum absolute atomic E-state index is 10.6. The summed E-state index contributed by atoms with van der Waals surface area (Å²) < 4.78 is 10.8. The van der Waals surface area contributed by atoms with Gasteiger partial charge in [-0.1, -0.05) is 37.3 Å². The van der Waals surface area contributed by atoms with Crippen molar-refractivity contribution in [2.24, 2.45) is 0 Å². The maximum Gasteiger partial charge on any atom is 0.119 e. The number of aliphatic hydroxyl groups excluding tert-OH is 2. The molecule has 2 aromatic rings. The van der Waals surface area contributed by atoms with E-state index in [2.05, 4.69) is 28.9 Å². The molecule has 1 heterocycles. The van der Waals surface area contributed by atoms with Crippen molar-refractivity contribution in [1.29, 1.82) is 0 Å². The second-order valence-electron chi connectivity index (χ2n) is 8.01. The number of piperazine rings is 1. The molecule has 30 heavy (non-hydrogen) atoms. The van der Waals surface area contributed by atoms with Gasteiger partial charge in [0, 0.05) is 45.2 Å². The van der Waals surface area contributed by atoms with E-state index in [1.54, 1.807) is 7.11 Å². The monoisotopic (exact) mass is 414 g/mol. The van der Waals surface area contributed by atoms with E-state index in [1.807, 2.05) is 42.5 Å². The Morgan fingerprint density at radius 1 is 0.833 bits per heavy atom. The second-order valence-corrected chi connectivity index (χ2v) is 8.01. The molecule has 3 unspecified atom stereocenters. The van der Waals surface area contributed by atoms with E-state index in [9.17, 15) is 10.2 Å². The van der Waals surface area contributed by atoms with Crippen molar-refractivity contribution in [2.75, 3.05) is 53.0 Å². The molecule has 6 heteroatoms. The van der Waals surface area contributed by atoms with Gasteiger partial charge in [-0.15, -0.1) is 0 Å². The summed E-state index contributed by atoms with van der Waals surface area (Å²) >= 11 is 0. The third-order valence-corrected chi connectivity index (χ3v) is 5.78. The van der Waals surface area contributed by atoms with Crippen molar-refractivity contribution in [3.63, 3.8) is 0 Å². The first-order chi connectivity index (χ1) is 14.5. The zero-order valence-electron chi connectivity index (χ0n) is 18.0. The van der Waals surface area contributed by atoms with Crippen molar-refractivity contribution in [1.82, 2.24) is 9.80 Å². The molecular weight excluding hydrogens is 380 g/mol. The minimum absolute atomic E-state index is 0.112. The quantitative estimate of drug-likeness (QED) is 0.622. The van der Waals surface area contributed by atoms with Gasteiger partial charge in [0.15, 0.2) is 0 Å². The minimum Gasteiger partial charge on any atom is -0.497 e. The summed E-state index contributed by atoms with van der Waals surface area (Å²) in [6, 6.07) is 17.5. The summed E-state index contributed by atoms with van der Waals surface area (Å²) in [5.74, 6) is 1.62. The zero-order valence-corrected chi connectivity index (χ0v) is 18.0. The maximum atomic E-state index is 10.6. The van der Waals surface area contributed by atoms with Crippen LogP contribution in [-0.2, 0) is 0 Å². The van der Waals surface area contributed by atoms with Gasteiger partial charge < -0.3 is 19.7 Å². The molecule has 0 amide bonds. The van der Waals surface area contributed by atoms with Gasteiger partial charge >= 0.3 is 0 Å². The van der Waals surface area contributed by atoms with Crippen LogP contribution in [0.3, 0.4) is 0 Å². The summed E-state index contributed by atoms with van der Waals surface area (Å²) in [6.07, 6.45) is -0.926. The van der Waals surface area contributed by atoms with Crippen molar-refractivity contribution in [2.45, 2.75) is 25.0 Å². The molecule has 0 aliphatic carbocycles. The van der Waals surface area contributed by atoms with Gasteiger partial charge in [0.25, 0.3) is 0 Å². The lowest BCUT2D eigenvalue weighted by Crippen LogP contribution is -2.51. The molecule has 3 rings (SSSR count). The van der Waals surface area contributed by atoms with E-state index in [0.717, 1.165) is 37.7 Å². The Morgan fingerprint density at radius 2 is 1.40 bits per heavy atom. The lowest BCUT2D eigenvalue weighted by molar-refractivity contribution is 0.0297. The van der Waals surface area contributed by atoms with E-state index in [1.165, 1.54) is 5.56 Å². The molecule has 2 N–H and O–H groups in total. The van der Waals surface area contributed by atoms with Gasteiger partial charge in [-0.2, -0.15) is 0 Å². The summed E-state index contributed by atoms with van der Waals surface area (Å²) in [7, 11) is 1.63. The number of aliphatic hydroxyl groups is 2. The summed E-state index contributed by atoms with van der Waals surface area (Å²) in [5.41, 5.74) is 1.17. The lowest BCUT2D eigenvalue weighted by atomic mass is 9.95. The Morgan fingerprint density at radius 3 is 2.00 bits per heavy atom. The highest BCUT2D eigenvalue weighted by Crippen LogP contribution is 2.20. The van der Waals surface area contributed by atoms with Gasteiger partial charge in [-0.3, -0.25) is 9.80 Å². The number of ether oxygens (including phenoxy) is 2. The normalized spacial score (nSPS) is 18.5. The number of benzene rings is 2. The Hall–Kier alpha value is -2.12. The van der Waals surface area contributed by atoms with Crippen molar-refractivity contribution < 1.29 is 19.7 Å². The SMILES string of the molecule is COc1ccc(OCC(O)CN2CCN(CC(O)C(C)c3ccccc3)CC2)cc1. The molecule has 0 spiro atoms. The van der Waals surface area contributed by atoms with Crippen LogP contribution in [0, 0.1) is 0 Å². The van der Waals surface area contributed by atoms with Crippen molar-refractivity contribution >= 4 is 0 Å². The first kappa shape index (κ1) is 22.6. The van der Waals surface area contributed by atoms with Crippen molar-refractivity contribution in [3.05, 3.63) is 60.2 Å². The zero-order chi connectivity index (χ0) is 21.3. The van der Waals surface area contributed by atoms with E-state index in [-0.39, 0.29) is 18.6 Å². The fourth-order valence-electron chi connectivity index (χ4n) is 3.77. The third-order valence-electron chi connectivity index (χ3n) is 5.78. The van der Waals surface area contributed by atoms with E-state index in [4.69, 9.17) is 9.47 Å². The summed E-state index contributed by atoms with van der Waals surface area (Å²) in [5, 5.41) is 21.0. The number of β-amino-alcohol motifs (C(OH)–C–C–N with tert-alkyl or cyclic N) is 2. The van der Waals surface area contributed by atoms with Gasteiger partial charge in [-0.05, 0) is 29.8 Å². The van der Waals surface area contributed by atoms with Crippen LogP contribution in [-0.4, -0.2) is 85.2 Å². The first-order valence-electron chi connectivity index (χ1n) is 10.7. The van der Waals surface area contributed by atoms with E-state index in [0.29, 0.717) is 13.1 Å². The molecule has 0 saturated carbocycles. The fourth-order valence-corrected chi connectivity index (χ4v) is 3.77. The number of hydrogen-bond acceptors (Lipinski definition) is 6. The Kier molecular flexibility index (Phi) is 8.51. The molecule has 0 bridgehead atoms. The van der Waals surface area contributed by atoms with Gasteiger partial charge in [-0.25, -0.2) is 0 Å². The molecule has 1 aliphatic rings. The smallest absolute Gasteiger partial charge is 0.119 e. The number of nitrogens with zero attached hydrogens (tertiary/aromatic N) is 2. The van der Waals surface area contributed by atoms with Crippen LogP contribution in [0.15, 0.2) is 54.6 Å². The number of rotatable bonds is 10. The van der Waals surface area contributed by atoms with E-state index >= 15 is 0 Å². The molecule has 6 nitrogen and oxygen atoms in total. The summed E-state index contributed by atoms with van der Waals surface area (Å²) in [6.45, 7) is 7.16. The van der Waals surface area contributed by atoms with Gasteiger partial charge in [0.1, 0.15) is 24.2 Å². The van der Waals surface area contributed by atoms with Crippen LogP contribution in [0.25, 0.3) is 0 Å². The summed E-state index contributed by atoms with van der Waals surface area (Å²) in [4.78, 5) is 4.56. The van der Waals surface area contributed by atoms with Crippen molar-refractivity contribution in [3.8, 4) is 11.5 Å². The highest BCUT2D eigenvalue weighted by molar-refractivity contribution is 5.31. The standard InChI is InChI=1S/C24H34N2O4/c1-19(20-6-4-3-5-7-20)24(28)17-26-14-12-25(13-15-26)16-21(27)18-30-23-10-8-22(29-2)9-11-23/h3-11,19,21,24,27-28H,12-18H2,1-2H3. The molecule has 1 fully saturated rings. The largest absolute Gasteiger partial charge is 0.497 e. The fraction of sp³-hybridized carbons (Fsp3) is 0.500. The molecule has 2 aromatic carbocycles. The number of methoxy groups -OCH3 is 1. The molecule has 0 radical (unpaired) electrons. The van der Waals surface area contributed by atoms with Crippen LogP contribution in [0.2, 0.25) is 0 Å². The van der Waals surface area contributed by atoms with Crippen LogP contribution in [0.5, 0.6) is 11.5 Å². The Labute approximate surface area is 179 Å². The average molecular weight is 415 g/mol. The first-order valence-corrected chi connectivity index (χ1v) is 10.7. The van der Waals surface area contributed by atoms with Crippen LogP contribution in [0.4, 0.5) is 0 Å². The lowest BCUT2D eigenvalue weighted by Gasteiger charge is -2.37. The van der Waals surface area contributed by atoms with Crippen LogP contribution in [0.1, 0.15) is 18.4 Å². The van der Waals surface area contributed by atoms with Crippen LogP contribution < -0.4 is 9.47 Å². The second kappa shape index (κ2) is 11.3. The minimum atomic E-state index is -0.539. The molecule has 164 valence electrons. The predicted octanol–water partition coefficient (Wildman–Crippen LogP) is 2.22. The molecule has 1 saturated heterocycles. The topological polar surface area (TPSA) is 65.4 Å².